The smallest absolute Gasteiger partial charge is 0.259 e. The summed E-state index contributed by atoms with van der Waals surface area (Å²) < 4.78 is 0. The van der Waals surface area contributed by atoms with Crippen molar-refractivity contribution in [3.8, 4) is 0 Å². The zero-order valence-electron chi connectivity index (χ0n) is 10.4. The molecule has 0 atom stereocenters. The van der Waals surface area contributed by atoms with Crippen molar-refractivity contribution in [1.29, 1.82) is 0 Å². The van der Waals surface area contributed by atoms with E-state index in [0.29, 0.717) is 0 Å². The molecule has 1 aromatic rings. The van der Waals surface area contributed by atoms with E-state index in [1.165, 1.54) is 0 Å². The standard InChI is InChI=1S/C14H18N2O/c1-11(2)16(13-9-6-10-15-13)14(17)12-7-4-3-5-8-12/h3-5,7-8,11H,6,9-10H2,1-2H3. The first-order chi connectivity index (χ1) is 8.20. The van der Waals surface area contributed by atoms with E-state index >= 15 is 0 Å². The third kappa shape index (κ3) is 2.54. The molecule has 1 aliphatic rings. The minimum Gasteiger partial charge on any atom is -0.294 e. The Morgan fingerprint density at radius 3 is 2.53 bits per heavy atom. The molecule has 3 nitrogen and oxygen atoms in total. The Balaban J connectivity index is 2.25. The second kappa shape index (κ2) is 5.13. The van der Waals surface area contributed by atoms with Gasteiger partial charge in [0.15, 0.2) is 0 Å². The fourth-order valence-electron chi connectivity index (χ4n) is 2.09. The highest BCUT2D eigenvalue weighted by atomic mass is 16.2. The van der Waals surface area contributed by atoms with Gasteiger partial charge >= 0.3 is 0 Å². The Morgan fingerprint density at radius 1 is 1.29 bits per heavy atom. The van der Waals surface area contributed by atoms with Gasteiger partial charge in [-0.1, -0.05) is 18.2 Å². The monoisotopic (exact) mass is 230 g/mol. The number of amidine groups is 1. The van der Waals surface area contributed by atoms with E-state index in [9.17, 15) is 4.79 Å². The Kier molecular flexibility index (Phi) is 3.57. The molecule has 0 saturated carbocycles. The van der Waals surface area contributed by atoms with Gasteiger partial charge in [0, 0.05) is 24.6 Å². The van der Waals surface area contributed by atoms with E-state index in [1.807, 2.05) is 49.1 Å². The maximum Gasteiger partial charge on any atom is 0.259 e. The lowest BCUT2D eigenvalue weighted by Crippen LogP contribution is -2.41. The van der Waals surface area contributed by atoms with Crippen LogP contribution >= 0.6 is 0 Å². The fourth-order valence-corrected chi connectivity index (χ4v) is 2.09. The Labute approximate surface area is 102 Å². The van der Waals surface area contributed by atoms with Crippen LogP contribution in [-0.4, -0.2) is 29.2 Å². The molecule has 0 aromatic heterocycles. The summed E-state index contributed by atoms with van der Waals surface area (Å²) in [7, 11) is 0. The number of nitrogens with zero attached hydrogens (tertiary/aromatic N) is 2. The van der Waals surface area contributed by atoms with Crippen LogP contribution < -0.4 is 0 Å². The molecule has 0 saturated heterocycles. The largest absolute Gasteiger partial charge is 0.294 e. The highest BCUT2D eigenvalue weighted by Crippen LogP contribution is 2.15. The van der Waals surface area contributed by atoms with Gasteiger partial charge in [-0.05, 0) is 32.4 Å². The number of hydrogen-bond acceptors (Lipinski definition) is 2. The van der Waals surface area contributed by atoms with Gasteiger partial charge in [0.05, 0.1) is 0 Å². The van der Waals surface area contributed by atoms with Gasteiger partial charge in [0.25, 0.3) is 5.91 Å². The summed E-state index contributed by atoms with van der Waals surface area (Å²) in [5, 5.41) is 0. The molecular formula is C14H18N2O. The van der Waals surface area contributed by atoms with E-state index < -0.39 is 0 Å². The zero-order chi connectivity index (χ0) is 12.3. The van der Waals surface area contributed by atoms with Crippen LogP contribution in [0.3, 0.4) is 0 Å². The third-order valence-electron chi connectivity index (χ3n) is 2.89. The number of carbonyl (C=O) groups is 1. The predicted octanol–water partition coefficient (Wildman–Crippen LogP) is 2.73. The van der Waals surface area contributed by atoms with Crippen LogP contribution in [0.1, 0.15) is 37.0 Å². The van der Waals surface area contributed by atoms with Crippen molar-refractivity contribution in [2.45, 2.75) is 32.7 Å². The number of amides is 1. The zero-order valence-corrected chi connectivity index (χ0v) is 10.4. The van der Waals surface area contributed by atoms with E-state index in [0.717, 1.165) is 30.8 Å². The summed E-state index contributed by atoms with van der Waals surface area (Å²) in [5.41, 5.74) is 0.732. The fraction of sp³-hybridized carbons (Fsp3) is 0.429. The minimum atomic E-state index is 0.0567. The lowest BCUT2D eigenvalue weighted by Gasteiger charge is -2.26. The maximum absolute atomic E-state index is 12.4. The van der Waals surface area contributed by atoms with Gasteiger partial charge in [0.1, 0.15) is 5.84 Å². The van der Waals surface area contributed by atoms with Crippen molar-refractivity contribution in [2.75, 3.05) is 6.54 Å². The molecule has 0 radical (unpaired) electrons. The molecule has 1 aromatic carbocycles. The SMILES string of the molecule is CC(C)N(C(=O)c1ccccc1)C1=NCCC1. The summed E-state index contributed by atoms with van der Waals surface area (Å²) in [6.45, 7) is 4.91. The summed E-state index contributed by atoms with van der Waals surface area (Å²) in [6.07, 6.45) is 1.97. The van der Waals surface area contributed by atoms with Gasteiger partial charge in [0.2, 0.25) is 0 Å². The predicted molar refractivity (Wildman–Crippen MR) is 69.3 cm³/mol. The number of aliphatic imine (C=N–C) groups is 1. The van der Waals surface area contributed by atoms with Crippen LogP contribution in [0.4, 0.5) is 0 Å². The molecule has 90 valence electrons. The number of carbonyl (C=O) groups excluding carboxylic acids is 1. The van der Waals surface area contributed by atoms with Crippen LogP contribution in [0.2, 0.25) is 0 Å². The molecule has 1 heterocycles. The first kappa shape index (κ1) is 11.8. The van der Waals surface area contributed by atoms with E-state index in [1.54, 1.807) is 0 Å². The first-order valence-corrected chi connectivity index (χ1v) is 6.12. The van der Waals surface area contributed by atoms with Gasteiger partial charge in [-0.15, -0.1) is 0 Å². The molecule has 0 aliphatic carbocycles. The molecule has 0 fully saturated rings. The second-order valence-electron chi connectivity index (χ2n) is 4.54. The molecule has 0 N–H and O–H groups in total. The second-order valence-corrected chi connectivity index (χ2v) is 4.54. The molecule has 3 heteroatoms. The van der Waals surface area contributed by atoms with Crippen LogP contribution in [0.5, 0.6) is 0 Å². The Hall–Kier alpha value is -1.64. The van der Waals surface area contributed by atoms with Crippen molar-refractivity contribution in [1.82, 2.24) is 4.90 Å². The van der Waals surface area contributed by atoms with Gasteiger partial charge < -0.3 is 0 Å². The van der Waals surface area contributed by atoms with Crippen LogP contribution in [0.25, 0.3) is 0 Å². The lowest BCUT2D eigenvalue weighted by molar-refractivity contribution is 0.0816. The molecule has 2 rings (SSSR count). The first-order valence-electron chi connectivity index (χ1n) is 6.12. The van der Waals surface area contributed by atoms with Crippen LogP contribution in [0, 0.1) is 0 Å². The minimum absolute atomic E-state index is 0.0567. The summed E-state index contributed by atoms with van der Waals surface area (Å²) >= 11 is 0. The average molecular weight is 230 g/mol. The normalized spacial score (nSPS) is 14.9. The van der Waals surface area contributed by atoms with E-state index in [2.05, 4.69) is 4.99 Å². The highest BCUT2D eigenvalue weighted by molar-refractivity contribution is 6.07. The average Bonchev–Trinajstić information content (AvgIpc) is 2.83. The molecule has 0 unspecified atom stereocenters. The molecule has 0 bridgehead atoms. The summed E-state index contributed by atoms with van der Waals surface area (Å²) in [4.78, 5) is 18.7. The van der Waals surface area contributed by atoms with Crippen molar-refractivity contribution >= 4 is 11.7 Å². The number of benzene rings is 1. The summed E-state index contributed by atoms with van der Waals surface area (Å²) in [6, 6.07) is 9.56. The summed E-state index contributed by atoms with van der Waals surface area (Å²) in [5.74, 6) is 0.995. The molecule has 0 spiro atoms. The number of hydrogen-bond donors (Lipinski definition) is 0. The van der Waals surface area contributed by atoms with Crippen molar-refractivity contribution in [3.05, 3.63) is 35.9 Å². The maximum atomic E-state index is 12.4. The molecular weight excluding hydrogens is 212 g/mol. The van der Waals surface area contributed by atoms with E-state index in [4.69, 9.17) is 0 Å². The van der Waals surface area contributed by atoms with Crippen molar-refractivity contribution in [3.63, 3.8) is 0 Å². The Bertz CT molecular complexity index is 423. The highest BCUT2D eigenvalue weighted by Gasteiger charge is 2.24. The molecule has 17 heavy (non-hydrogen) atoms. The third-order valence-corrected chi connectivity index (χ3v) is 2.89. The van der Waals surface area contributed by atoms with Gasteiger partial charge in [-0.25, -0.2) is 0 Å². The topological polar surface area (TPSA) is 32.7 Å². The number of rotatable bonds is 2. The van der Waals surface area contributed by atoms with Gasteiger partial charge in [-0.2, -0.15) is 0 Å². The quantitative estimate of drug-likeness (QED) is 0.769. The van der Waals surface area contributed by atoms with Gasteiger partial charge in [-0.3, -0.25) is 14.7 Å². The lowest BCUT2D eigenvalue weighted by atomic mass is 10.1. The van der Waals surface area contributed by atoms with E-state index in [-0.39, 0.29) is 11.9 Å². The molecule has 1 amide bonds. The van der Waals surface area contributed by atoms with Crippen molar-refractivity contribution in [2.24, 2.45) is 4.99 Å². The van der Waals surface area contributed by atoms with Crippen LogP contribution in [-0.2, 0) is 0 Å². The Morgan fingerprint density at radius 2 is 2.00 bits per heavy atom. The van der Waals surface area contributed by atoms with Crippen molar-refractivity contribution < 1.29 is 4.79 Å². The molecule has 1 aliphatic heterocycles. The van der Waals surface area contributed by atoms with Crippen LogP contribution in [0.15, 0.2) is 35.3 Å².